The number of fused-ring (bicyclic) bond motifs is 2. The molecule has 3 fully saturated rings. The fraction of sp³-hybridized carbons (Fsp3) is 0.950. The third-order valence-corrected chi connectivity index (χ3v) is 6.38. The van der Waals surface area contributed by atoms with Crippen molar-refractivity contribution in [2.45, 2.75) is 71.6 Å². The highest BCUT2D eigenvalue weighted by atomic mass is 16.6. The maximum atomic E-state index is 12.3. The van der Waals surface area contributed by atoms with Crippen LogP contribution in [0.2, 0.25) is 0 Å². The molecule has 5 nitrogen and oxygen atoms in total. The monoisotopic (exact) mass is 351 g/mol. The van der Waals surface area contributed by atoms with Crippen LogP contribution in [0, 0.1) is 17.8 Å². The molecule has 4 atom stereocenters. The molecule has 0 aromatic heterocycles. The molecule has 1 saturated heterocycles. The van der Waals surface area contributed by atoms with Gasteiger partial charge in [-0.2, -0.15) is 0 Å². The molecule has 2 unspecified atom stereocenters. The van der Waals surface area contributed by atoms with Gasteiger partial charge in [-0.15, -0.1) is 0 Å². The summed E-state index contributed by atoms with van der Waals surface area (Å²) in [5.74, 6) is 2.03. The van der Waals surface area contributed by atoms with E-state index >= 15 is 0 Å². The predicted molar refractivity (Wildman–Crippen MR) is 101 cm³/mol. The minimum Gasteiger partial charge on any atom is -0.444 e. The van der Waals surface area contributed by atoms with Gasteiger partial charge in [0.15, 0.2) is 0 Å². The van der Waals surface area contributed by atoms with Crippen molar-refractivity contribution in [3.05, 3.63) is 0 Å². The number of amides is 1. The Labute approximate surface area is 153 Å². The van der Waals surface area contributed by atoms with Crippen molar-refractivity contribution in [3.63, 3.8) is 0 Å². The molecule has 2 bridgehead atoms. The first-order valence-electron chi connectivity index (χ1n) is 10.2. The number of nitrogens with zero attached hydrogens (tertiary/aromatic N) is 2. The average molecular weight is 352 g/mol. The normalized spacial score (nSPS) is 33.8. The summed E-state index contributed by atoms with van der Waals surface area (Å²) in [7, 11) is 0. The molecule has 1 aliphatic heterocycles. The molecule has 144 valence electrons. The molecule has 0 aromatic rings. The molecule has 0 spiro atoms. The van der Waals surface area contributed by atoms with Crippen LogP contribution in [-0.2, 0) is 4.74 Å². The number of ether oxygens (including phenoxy) is 1. The number of hydrogen-bond acceptors (Lipinski definition) is 4. The van der Waals surface area contributed by atoms with Gasteiger partial charge in [0.2, 0.25) is 0 Å². The third-order valence-electron chi connectivity index (χ3n) is 6.38. The van der Waals surface area contributed by atoms with Crippen molar-refractivity contribution in [1.82, 2.24) is 15.1 Å². The summed E-state index contributed by atoms with van der Waals surface area (Å²) in [5, 5.41) is 3.24. The van der Waals surface area contributed by atoms with Gasteiger partial charge in [0, 0.05) is 44.8 Å². The molecule has 2 saturated carbocycles. The van der Waals surface area contributed by atoms with Crippen LogP contribution in [0.15, 0.2) is 0 Å². The molecule has 3 aliphatic rings. The Morgan fingerprint density at radius 1 is 1.12 bits per heavy atom. The topological polar surface area (TPSA) is 44.8 Å². The molecule has 0 radical (unpaired) electrons. The van der Waals surface area contributed by atoms with E-state index in [0.29, 0.717) is 23.9 Å². The molecule has 0 aromatic carbocycles. The van der Waals surface area contributed by atoms with E-state index in [0.717, 1.165) is 25.6 Å². The zero-order valence-electron chi connectivity index (χ0n) is 16.8. The lowest BCUT2D eigenvalue weighted by Crippen LogP contribution is -2.53. The van der Waals surface area contributed by atoms with E-state index in [4.69, 9.17) is 4.74 Å². The van der Waals surface area contributed by atoms with Crippen molar-refractivity contribution < 1.29 is 9.53 Å². The van der Waals surface area contributed by atoms with E-state index in [1.807, 2.05) is 20.8 Å². The first-order valence-corrected chi connectivity index (χ1v) is 10.2. The second-order valence-corrected chi connectivity index (χ2v) is 9.60. The van der Waals surface area contributed by atoms with Gasteiger partial charge in [0.05, 0.1) is 0 Å². The van der Waals surface area contributed by atoms with Crippen molar-refractivity contribution in [1.29, 1.82) is 0 Å². The number of piperazine rings is 1. The molecular weight excluding hydrogens is 314 g/mol. The lowest BCUT2D eigenvalue weighted by atomic mass is 9.84. The summed E-state index contributed by atoms with van der Waals surface area (Å²) in [5.41, 5.74) is -0.426. The Morgan fingerprint density at radius 2 is 1.76 bits per heavy atom. The summed E-state index contributed by atoms with van der Waals surface area (Å²) in [6, 6.07) is 0.947. The lowest BCUT2D eigenvalue weighted by Gasteiger charge is -2.41. The predicted octanol–water partition coefficient (Wildman–Crippen LogP) is 2.95. The number of alkyl carbamates (subject to hydrolysis) is 1. The van der Waals surface area contributed by atoms with Crippen LogP contribution >= 0.6 is 0 Å². The second-order valence-electron chi connectivity index (χ2n) is 9.60. The number of carbonyl (C=O) groups excluding carboxylic acids is 1. The SMILES string of the molecule is CC(C)N1CCN(CC2C(NC(=O)OC(C)(C)C)[C@H]3CC[C@@H]2C3)CC1. The van der Waals surface area contributed by atoms with E-state index in [-0.39, 0.29) is 6.09 Å². The number of nitrogens with one attached hydrogen (secondary N) is 1. The van der Waals surface area contributed by atoms with Gasteiger partial charge in [-0.3, -0.25) is 4.90 Å². The zero-order valence-corrected chi connectivity index (χ0v) is 16.8. The molecule has 5 heteroatoms. The van der Waals surface area contributed by atoms with Gasteiger partial charge in [-0.05, 0) is 71.6 Å². The zero-order chi connectivity index (χ0) is 18.2. The van der Waals surface area contributed by atoms with Crippen LogP contribution in [0.4, 0.5) is 4.79 Å². The Bertz CT molecular complexity index is 466. The molecular formula is C20H37N3O2. The fourth-order valence-electron chi connectivity index (χ4n) is 5.10. The van der Waals surface area contributed by atoms with Gasteiger partial charge >= 0.3 is 6.09 Å². The van der Waals surface area contributed by atoms with Crippen LogP contribution in [0.25, 0.3) is 0 Å². The molecule has 3 rings (SSSR count). The van der Waals surface area contributed by atoms with Crippen LogP contribution in [0.5, 0.6) is 0 Å². The van der Waals surface area contributed by atoms with Crippen LogP contribution in [0.3, 0.4) is 0 Å². The van der Waals surface area contributed by atoms with Crippen molar-refractivity contribution >= 4 is 6.09 Å². The van der Waals surface area contributed by atoms with Crippen molar-refractivity contribution in [2.75, 3.05) is 32.7 Å². The Morgan fingerprint density at radius 3 is 2.36 bits per heavy atom. The van der Waals surface area contributed by atoms with E-state index in [9.17, 15) is 4.79 Å². The maximum Gasteiger partial charge on any atom is 0.407 e. The van der Waals surface area contributed by atoms with E-state index in [1.165, 1.54) is 32.4 Å². The smallest absolute Gasteiger partial charge is 0.407 e. The highest BCUT2D eigenvalue weighted by molar-refractivity contribution is 5.68. The Kier molecular flexibility index (Phi) is 5.64. The Hall–Kier alpha value is -0.810. The average Bonchev–Trinajstić information content (AvgIpc) is 3.09. The highest BCUT2D eigenvalue weighted by Gasteiger charge is 2.48. The largest absolute Gasteiger partial charge is 0.444 e. The van der Waals surface area contributed by atoms with Crippen LogP contribution in [0.1, 0.15) is 53.9 Å². The minimum absolute atomic E-state index is 0.236. The minimum atomic E-state index is -0.426. The first-order chi connectivity index (χ1) is 11.7. The molecule has 1 heterocycles. The summed E-state index contributed by atoms with van der Waals surface area (Å²) < 4.78 is 5.52. The first kappa shape index (κ1) is 19.0. The summed E-state index contributed by atoms with van der Waals surface area (Å²) in [6.07, 6.45) is 3.66. The van der Waals surface area contributed by atoms with Crippen LogP contribution < -0.4 is 5.32 Å². The van der Waals surface area contributed by atoms with Crippen molar-refractivity contribution in [2.24, 2.45) is 17.8 Å². The summed E-state index contributed by atoms with van der Waals surface area (Å²) in [4.78, 5) is 17.5. The molecule has 25 heavy (non-hydrogen) atoms. The lowest BCUT2D eigenvalue weighted by molar-refractivity contribution is 0.0421. The van der Waals surface area contributed by atoms with Crippen molar-refractivity contribution in [3.8, 4) is 0 Å². The van der Waals surface area contributed by atoms with Gasteiger partial charge < -0.3 is 15.0 Å². The second kappa shape index (κ2) is 7.43. The van der Waals surface area contributed by atoms with E-state index < -0.39 is 5.60 Å². The van der Waals surface area contributed by atoms with Gasteiger partial charge in [-0.25, -0.2) is 4.79 Å². The Balaban J connectivity index is 1.55. The van der Waals surface area contributed by atoms with Gasteiger partial charge in [0.1, 0.15) is 5.60 Å². The molecule has 2 aliphatic carbocycles. The number of hydrogen-bond donors (Lipinski definition) is 1. The summed E-state index contributed by atoms with van der Waals surface area (Å²) >= 11 is 0. The standard InChI is InChI=1S/C20H37N3O2/c1-14(2)23-10-8-22(9-11-23)13-17-15-6-7-16(12-15)18(17)21-19(24)25-20(3,4)5/h14-18H,6-13H2,1-5H3,(H,21,24)/t15-,16+,17?,18?/m1/s1. The van der Waals surface area contributed by atoms with Gasteiger partial charge in [-0.1, -0.05) is 0 Å². The summed E-state index contributed by atoms with van der Waals surface area (Å²) in [6.45, 7) is 16.1. The van der Waals surface area contributed by atoms with Gasteiger partial charge in [0.25, 0.3) is 0 Å². The molecule has 1 amide bonds. The highest BCUT2D eigenvalue weighted by Crippen LogP contribution is 2.48. The van der Waals surface area contributed by atoms with E-state index in [1.54, 1.807) is 0 Å². The fourth-order valence-corrected chi connectivity index (χ4v) is 5.10. The number of carbonyl (C=O) groups is 1. The number of rotatable bonds is 4. The quantitative estimate of drug-likeness (QED) is 0.846. The van der Waals surface area contributed by atoms with Crippen LogP contribution in [-0.4, -0.2) is 66.3 Å². The third kappa shape index (κ3) is 4.68. The maximum absolute atomic E-state index is 12.3. The van der Waals surface area contributed by atoms with E-state index in [2.05, 4.69) is 29.0 Å². The molecule has 1 N–H and O–H groups in total.